The number of aliphatic imine (C=N–C) groups is 1. The van der Waals surface area contributed by atoms with Gasteiger partial charge in [0.25, 0.3) is 5.95 Å². The molecule has 0 aliphatic carbocycles. The van der Waals surface area contributed by atoms with Gasteiger partial charge in [-0.2, -0.15) is 14.8 Å². The summed E-state index contributed by atoms with van der Waals surface area (Å²) in [5, 5.41) is 12.4. The van der Waals surface area contributed by atoms with E-state index in [-0.39, 0.29) is 12.5 Å². The number of carbonyl (C=O) groups is 1. The largest absolute Gasteiger partial charge is 0.497 e. The molecule has 0 unspecified atom stereocenters. The molecule has 0 atom stereocenters. The molecule has 0 spiro atoms. The molecule has 0 radical (unpaired) electrons. The van der Waals surface area contributed by atoms with Gasteiger partial charge in [0.1, 0.15) is 12.3 Å². The predicted molar refractivity (Wildman–Crippen MR) is 112 cm³/mol. The summed E-state index contributed by atoms with van der Waals surface area (Å²) < 4.78 is 8.45. The van der Waals surface area contributed by atoms with Crippen molar-refractivity contribution in [3.8, 4) is 11.4 Å². The zero-order valence-electron chi connectivity index (χ0n) is 16.8. The second-order valence-corrected chi connectivity index (χ2v) is 7.03. The smallest absolute Gasteiger partial charge is 0.251 e. The average Bonchev–Trinajstić information content (AvgIpc) is 3.55. The molecule has 0 bridgehead atoms. The first kappa shape index (κ1) is 18.9. The monoisotopic (exact) mass is 417 g/mol. The van der Waals surface area contributed by atoms with Crippen molar-refractivity contribution in [2.75, 3.05) is 20.2 Å². The third kappa shape index (κ3) is 3.84. The Labute approximate surface area is 177 Å². The van der Waals surface area contributed by atoms with Gasteiger partial charge in [0, 0.05) is 31.1 Å². The Balaban J connectivity index is 1.35. The highest BCUT2D eigenvalue weighted by Crippen LogP contribution is 2.20. The second-order valence-electron chi connectivity index (χ2n) is 7.03. The van der Waals surface area contributed by atoms with Gasteiger partial charge in [-0.15, -0.1) is 5.10 Å². The highest BCUT2D eigenvalue weighted by Gasteiger charge is 2.23. The van der Waals surface area contributed by atoms with Gasteiger partial charge in [-0.1, -0.05) is 5.21 Å². The molecule has 0 N–H and O–H groups in total. The van der Waals surface area contributed by atoms with E-state index in [0.717, 1.165) is 17.1 Å². The van der Waals surface area contributed by atoms with Crippen molar-refractivity contribution >= 4 is 28.7 Å². The highest BCUT2D eigenvalue weighted by atomic mass is 16.5. The predicted octanol–water partition coefficient (Wildman–Crippen LogP) is 1.42. The first-order valence-electron chi connectivity index (χ1n) is 9.74. The summed E-state index contributed by atoms with van der Waals surface area (Å²) in [5.41, 5.74) is 2.79. The van der Waals surface area contributed by atoms with Crippen molar-refractivity contribution < 1.29 is 9.53 Å². The minimum atomic E-state index is 0.00653. The van der Waals surface area contributed by atoms with Crippen molar-refractivity contribution in [2.45, 2.75) is 13.0 Å². The van der Waals surface area contributed by atoms with Gasteiger partial charge >= 0.3 is 0 Å². The molecule has 11 heteroatoms. The molecule has 1 aliphatic rings. The van der Waals surface area contributed by atoms with Crippen molar-refractivity contribution in [3.05, 3.63) is 48.9 Å². The molecule has 4 aromatic rings. The van der Waals surface area contributed by atoms with Crippen LogP contribution < -0.4 is 4.74 Å². The summed E-state index contributed by atoms with van der Waals surface area (Å²) in [6, 6.07) is 9.24. The summed E-state index contributed by atoms with van der Waals surface area (Å²) in [7, 11) is 1.62. The van der Waals surface area contributed by atoms with Gasteiger partial charge < -0.3 is 9.64 Å². The number of nitrogens with zero attached hydrogens (tertiary/aromatic N) is 9. The third-order valence-corrected chi connectivity index (χ3v) is 5.01. The van der Waals surface area contributed by atoms with Gasteiger partial charge in [-0.25, -0.2) is 9.98 Å². The van der Waals surface area contributed by atoms with Crippen LogP contribution in [0.2, 0.25) is 0 Å². The fourth-order valence-electron chi connectivity index (χ4n) is 3.39. The van der Waals surface area contributed by atoms with E-state index in [9.17, 15) is 4.79 Å². The van der Waals surface area contributed by atoms with Crippen LogP contribution in [-0.2, 0) is 11.3 Å². The van der Waals surface area contributed by atoms with E-state index >= 15 is 0 Å². The first-order chi connectivity index (χ1) is 15.2. The lowest BCUT2D eigenvalue weighted by Crippen LogP contribution is -2.32. The minimum Gasteiger partial charge on any atom is -0.497 e. The standard InChI is InChI=1S/C20H19N9O2/c1-31-16-5-3-15(4-6-16)29-19-17(25-26-29)11-21-20(24-19)23-14-7-10-27(12-14)18(30)13-28-9-2-8-22-28/h2-6,8-9,11H,7,10,12-13H2,1H3. The maximum Gasteiger partial charge on any atom is 0.251 e. The van der Waals surface area contributed by atoms with Crippen LogP contribution >= 0.6 is 0 Å². The number of methoxy groups -OCH3 is 1. The number of amides is 1. The average molecular weight is 417 g/mol. The molecule has 1 saturated heterocycles. The zero-order valence-corrected chi connectivity index (χ0v) is 16.8. The quantitative estimate of drug-likeness (QED) is 0.482. The fraction of sp³-hybridized carbons (Fsp3) is 0.250. The molecule has 1 amide bonds. The Hall–Kier alpha value is -4.15. The summed E-state index contributed by atoms with van der Waals surface area (Å²) in [6.45, 7) is 1.29. The number of hydrogen-bond acceptors (Lipinski definition) is 8. The molecule has 4 heterocycles. The van der Waals surface area contributed by atoms with Gasteiger partial charge in [-0.3, -0.25) is 9.48 Å². The van der Waals surface area contributed by atoms with Gasteiger partial charge in [0.2, 0.25) is 5.91 Å². The van der Waals surface area contributed by atoms with E-state index in [1.807, 2.05) is 24.3 Å². The Morgan fingerprint density at radius 2 is 2.13 bits per heavy atom. The number of likely N-dealkylation sites (tertiary alicyclic amines) is 1. The molecule has 3 aromatic heterocycles. The Bertz CT molecular complexity index is 1250. The van der Waals surface area contributed by atoms with Crippen LogP contribution in [0, 0.1) is 0 Å². The Morgan fingerprint density at radius 1 is 1.26 bits per heavy atom. The van der Waals surface area contributed by atoms with Gasteiger partial charge in [0.15, 0.2) is 11.2 Å². The van der Waals surface area contributed by atoms with E-state index in [1.165, 1.54) is 0 Å². The number of ether oxygens (including phenoxy) is 1. The van der Waals surface area contributed by atoms with Gasteiger partial charge in [-0.05, 0) is 30.3 Å². The van der Waals surface area contributed by atoms with Crippen LogP contribution in [0.25, 0.3) is 16.9 Å². The van der Waals surface area contributed by atoms with Gasteiger partial charge in [0.05, 0.1) is 25.5 Å². The summed E-state index contributed by atoms with van der Waals surface area (Å²) in [5.74, 6) is 1.08. The van der Waals surface area contributed by atoms with Crippen molar-refractivity contribution in [1.82, 2.24) is 39.6 Å². The number of hydrogen-bond donors (Lipinski definition) is 0. The molecular weight excluding hydrogens is 398 g/mol. The SMILES string of the molecule is COc1ccc(-n2nnc3cnc(N=C4CCN(C(=O)Cn5cccn5)C4)nc32)cc1. The molecule has 1 aromatic carbocycles. The lowest BCUT2D eigenvalue weighted by atomic mass is 10.3. The minimum absolute atomic E-state index is 0.00653. The molecule has 0 saturated carbocycles. The van der Waals surface area contributed by atoms with Crippen molar-refractivity contribution in [3.63, 3.8) is 0 Å². The van der Waals surface area contributed by atoms with E-state index in [1.54, 1.807) is 46.0 Å². The van der Waals surface area contributed by atoms with Crippen LogP contribution in [0.4, 0.5) is 5.95 Å². The number of aromatic nitrogens is 7. The Kier molecular flexibility index (Phi) is 4.83. The lowest BCUT2D eigenvalue weighted by Gasteiger charge is -2.14. The van der Waals surface area contributed by atoms with E-state index in [0.29, 0.717) is 36.6 Å². The van der Waals surface area contributed by atoms with Crippen LogP contribution in [0.5, 0.6) is 5.75 Å². The topological polar surface area (TPSA) is 116 Å². The summed E-state index contributed by atoms with van der Waals surface area (Å²) in [4.78, 5) is 27.6. The molecular formula is C20H19N9O2. The maximum absolute atomic E-state index is 12.4. The maximum atomic E-state index is 12.4. The van der Waals surface area contributed by atoms with Crippen molar-refractivity contribution in [1.29, 1.82) is 0 Å². The van der Waals surface area contributed by atoms with Crippen LogP contribution in [0.1, 0.15) is 6.42 Å². The molecule has 156 valence electrons. The number of rotatable bonds is 5. The zero-order chi connectivity index (χ0) is 21.2. The van der Waals surface area contributed by atoms with E-state index in [2.05, 4.69) is 30.4 Å². The number of benzene rings is 1. The molecule has 5 rings (SSSR count). The number of carbonyl (C=O) groups excluding carboxylic acids is 1. The Morgan fingerprint density at radius 3 is 2.90 bits per heavy atom. The number of fused-ring (bicyclic) bond motifs is 1. The summed E-state index contributed by atoms with van der Waals surface area (Å²) in [6.07, 6.45) is 5.71. The van der Waals surface area contributed by atoms with Crippen LogP contribution in [0.3, 0.4) is 0 Å². The fourth-order valence-corrected chi connectivity index (χ4v) is 3.39. The third-order valence-electron chi connectivity index (χ3n) is 5.01. The molecule has 1 aliphatic heterocycles. The van der Waals surface area contributed by atoms with Crippen molar-refractivity contribution in [2.24, 2.45) is 4.99 Å². The van der Waals surface area contributed by atoms with E-state index in [4.69, 9.17) is 4.74 Å². The van der Waals surface area contributed by atoms with E-state index < -0.39 is 0 Å². The normalized spacial score (nSPS) is 15.1. The first-order valence-corrected chi connectivity index (χ1v) is 9.74. The second kappa shape index (κ2) is 7.94. The van der Waals surface area contributed by atoms with Crippen LogP contribution in [-0.4, -0.2) is 71.5 Å². The summed E-state index contributed by atoms with van der Waals surface area (Å²) >= 11 is 0. The lowest BCUT2D eigenvalue weighted by molar-refractivity contribution is -0.130. The van der Waals surface area contributed by atoms with Crippen LogP contribution in [0.15, 0.2) is 53.9 Å². The molecule has 31 heavy (non-hydrogen) atoms. The highest BCUT2D eigenvalue weighted by molar-refractivity contribution is 5.94. The molecule has 11 nitrogen and oxygen atoms in total. The molecule has 1 fully saturated rings.